The summed E-state index contributed by atoms with van der Waals surface area (Å²) in [5, 5.41) is 0.809. The fraction of sp³-hybridized carbons (Fsp3) is 0.600. The molecule has 0 heterocycles. The van der Waals surface area contributed by atoms with E-state index in [1.807, 2.05) is 6.07 Å². The first-order valence-corrected chi connectivity index (χ1v) is 8.64. The van der Waals surface area contributed by atoms with Gasteiger partial charge in [-0.15, -0.1) is 0 Å². The van der Waals surface area contributed by atoms with Gasteiger partial charge in [-0.25, -0.2) is 0 Å². The third-order valence-electron chi connectivity index (χ3n) is 3.69. The zero-order valence-electron chi connectivity index (χ0n) is 11.4. The fourth-order valence-corrected chi connectivity index (χ4v) is 3.39. The van der Waals surface area contributed by atoms with E-state index < -0.39 is 0 Å². The van der Waals surface area contributed by atoms with Crippen molar-refractivity contribution in [2.75, 3.05) is 7.11 Å². The van der Waals surface area contributed by atoms with Gasteiger partial charge in [-0.3, -0.25) is 0 Å². The maximum Gasteiger partial charge on any atom is 0.175 e. The summed E-state index contributed by atoms with van der Waals surface area (Å²) in [5.41, 5.74) is 1.17. The smallest absolute Gasteiger partial charge is 0.175 e. The number of benzene rings is 1. The van der Waals surface area contributed by atoms with E-state index in [9.17, 15) is 0 Å². The minimum Gasteiger partial charge on any atom is -0.493 e. The van der Waals surface area contributed by atoms with Crippen molar-refractivity contribution in [1.29, 1.82) is 0 Å². The number of halogens is 2. The molecule has 0 aliphatic heterocycles. The molecule has 0 amide bonds. The van der Waals surface area contributed by atoms with E-state index in [0.29, 0.717) is 6.10 Å². The molecule has 1 aliphatic carbocycles. The van der Waals surface area contributed by atoms with Gasteiger partial charge in [0.2, 0.25) is 0 Å². The Bertz CT molecular complexity index is 426. The minimum atomic E-state index is 0.316. The highest BCUT2D eigenvalue weighted by Crippen LogP contribution is 2.39. The zero-order valence-corrected chi connectivity index (χ0v) is 14.6. The highest BCUT2D eigenvalue weighted by molar-refractivity contribution is 9.10. The van der Waals surface area contributed by atoms with E-state index in [-0.39, 0.29) is 0 Å². The lowest BCUT2D eigenvalue weighted by molar-refractivity contribution is 0.130. The highest BCUT2D eigenvalue weighted by Gasteiger charge is 2.22. The Morgan fingerprint density at radius 1 is 1.21 bits per heavy atom. The average molecular weight is 392 g/mol. The van der Waals surface area contributed by atoms with Crippen molar-refractivity contribution in [3.8, 4) is 11.5 Å². The molecule has 0 unspecified atom stereocenters. The van der Waals surface area contributed by atoms with Gasteiger partial charge in [0, 0.05) is 5.33 Å². The maximum absolute atomic E-state index is 6.17. The van der Waals surface area contributed by atoms with Crippen molar-refractivity contribution in [2.45, 2.75) is 44.0 Å². The number of ether oxygens (including phenoxy) is 2. The standard InChI is InChI=1S/C15H20Br2O2/c1-10-3-5-12(6-4-10)19-15-13(17)7-11(9-16)8-14(15)18-2/h7-8,10,12H,3-6,9H2,1-2H3. The van der Waals surface area contributed by atoms with Crippen LogP contribution in [0.15, 0.2) is 16.6 Å². The van der Waals surface area contributed by atoms with Crippen LogP contribution in [0.2, 0.25) is 0 Å². The van der Waals surface area contributed by atoms with E-state index in [4.69, 9.17) is 9.47 Å². The molecule has 1 saturated carbocycles. The van der Waals surface area contributed by atoms with Crippen molar-refractivity contribution >= 4 is 31.9 Å². The minimum absolute atomic E-state index is 0.316. The lowest BCUT2D eigenvalue weighted by atomic mass is 9.89. The Morgan fingerprint density at radius 2 is 1.89 bits per heavy atom. The van der Waals surface area contributed by atoms with Gasteiger partial charge >= 0.3 is 0 Å². The van der Waals surface area contributed by atoms with Gasteiger partial charge in [-0.1, -0.05) is 22.9 Å². The molecule has 0 bridgehead atoms. The molecule has 1 aromatic rings. The average Bonchev–Trinajstić information content (AvgIpc) is 2.43. The number of alkyl halides is 1. The van der Waals surface area contributed by atoms with Crippen molar-refractivity contribution in [1.82, 2.24) is 0 Å². The van der Waals surface area contributed by atoms with Crippen molar-refractivity contribution in [2.24, 2.45) is 5.92 Å². The second-order valence-corrected chi connectivity index (χ2v) is 6.66. The van der Waals surface area contributed by atoms with Crippen LogP contribution in [0.4, 0.5) is 0 Å². The molecule has 19 heavy (non-hydrogen) atoms. The Labute approximate surface area is 132 Å². The second kappa shape index (κ2) is 6.98. The van der Waals surface area contributed by atoms with Crippen LogP contribution in [0.5, 0.6) is 11.5 Å². The Hall–Kier alpha value is -0.220. The van der Waals surface area contributed by atoms with Crippen LogP contribution in [0.25, 0.3) is 0 Å². The molecule has 1 aliphatic rings. The lowest BCUT2D eigenvalue weighted by Crippen LogP contribution is -2.23. The van der Waals surface area contributed by atoms with Crippen molar-refractivity contribution in [3.05, 3.63) is 22.2 Å². The van der Waals surface area contributed by atoms with Crippen LogP contribution in [0.3, 0.4) is 0 Å². The quantitative estimate of drug-likeness (QED) is 0.647. The summed E-state index contributed by atoms with van der Waals surface area (Å²) in [6.07, 6.45) is 5.10. The number of methoxy groups -OCH3 is 1. The summed E-state index contributed by atoms with van der Waals surface area (Å²) < 4.78 is 12.6. The Morgan fingerprint density at radius 3 is 2.47 bits per heavy atom. The normalized spacial score (nSPS) is 23.2. The molecular formula is C15H20Br2O2. The van der Waals surface area contributed by atoms with E-state index in [1.165, 1.54) is 18.4 Å². The van der Waals surface area contributed by atoms with Crippen LogP contribution in [-0.4, -0.2) is 13.2 Å². The Kier molecular flexibility index (Phi) is 5.58. The van der Waals surface area contributed by atoms with E-state index in [1.54, 1.807) is 7.11 Å². The molecule has 4 heteroatoms. The van der Waals surface area contributed by atoms with Gasteiger partial charge in [0.1, 0.15) is 0 Å². The lowest BCUT2D eigenvalue weighted by Gasteiger charge is -2.28. The molecule has 0 aromatic heterocycles. The van der Waals surface area contributed by atoms with Gasteiger partial charge in [0.15, 0.2) is 11.5 Å². The SMILES string of the molecule is COc1cc(CBr)cc(Br)c1OC1CCC(C)CC1. The van der Waals surface area contributed by atoms with Crippen LogP contribution in [0, 0.1) is 5.92 Å². The van der Waals surface area contributed by atoms with Gasteiger partial charge in [0.05, 0.1) is 17.7 Å². The molecule has 0 saturated heterocycles. The van der Waals surface area contributed by atoms with Gasteiger partial charge in [-0.05, 0) is 65.2 Å². The van der Waals surface area contributed by atoms with Crippen LogP contribution in [0.1, 0.15) is 38.2 Å². The first kappa shape index (κ1) is 15.2. The maximum atomic E-state index is 6.17. The topological polar surface area (TPSA) is 18.5 Å². The van der Waals surface area contributed by atoms with Crippen LogP contribution < -0.4 is 9.47 Å². The predicted molar refractivity (Wildman–Crippen MR) is 85.4 cm³/mol. The first-order valence-electron chi connectivity index (χ1n) is 6.73. The molecule has 106 valence electrons. The summed E-state index contributed by atoms with van der Waals surface area (Å²) in [5.74, 6) is 2.48. The molecular weight excluding hydrogens is 372 g/mol. The second-order valence-electron chi connectivity index (χ2n) is 5.24. The van der Waals surface area contributed by atoms with Gasteiger partial charge in [-0.2, -0.15) is 0 Å². The molecule has 0 N–H and O–H groups in total. The third-order valence-corrected chi connectivity index (χ3v) is 4.93. The summed E-state index contributed by atoms with van der Waals surface area (Å²) in [7, 11) is 1.69. The first-order chi connectivity index (χ1) is 9.13. The summed E-state index contributed by atoms with van der Waals surface area (Å²) in [6, 6.07) is 4.11. The summed E-state index contributed by atoms with van der Waals surface area (Å²) >= 11 is 7.06. The molecule has 0 atom stereocenters. The highest BCUT2D eigenvalue weighted by atomic mass is 79.9. The van der Waals surface area contributed by atoms with Crippen molar-refractivity contribution in [3.63, 3.8) is 0 Å². The fourth-order valence-electron chi connectivity index (χ4n) is 2.48. The van der Waals surface area contributed by atoms with Crippen LogP contribution in [-0.2, 0) is 5.33 Å². The zero-order chi connectivity index (χ0) is 13.8. The van der Waals surface area contributed by atoms with E-state index in [2.05, 4.69) is 44.8 Å². The monoisotopic (exact) mass is 390 g/mol. The molecule has 0 spiro atoms. The van der Waals surface area contributed by atoms with Crippen LogP contribution >= 0.6 is 31.9 Å². The Balaban J connectivity index is 2.15. The molecule has 2 nitrogen and oxygen atoms in total. The molecule has 2 rings (SSSR count). The van der Waals surface area contributed by atoms with Gasteiger partial charge < -0.3 is 9.47 Å². The third kappa shape index (κ3) is 3.88. The number of hydrogen-bond donors (Lipinski definition) is 0. The molecule has 1 aromatic carbocycles. The number of hydrogen-bond acceptors (Lipinski definition) is 2. The summed E-state index contributed by atoms with van der Waals surface area (Å²) in [6.45, 7) is 2.32. The largest absolute Gasteiger partial charge is 0.493 e. The van der Waals surface area contributed by atoms with Crippen molar-refractivity contribution < 1.29 is 9.47 Å². The molecule has 1 fully saturated rings. The van der Waals surface area contributed by atoms with E-state index in [0.717, 1.165) is 40.1 Å². The van der Waals surface area contributed by atoms with E-state index >= 15 is 0 Å². The van der Waals surface area contributed by atoms with Gasteiger partial charge in [0.25, 0.3) is 0 Å². The predicted octanol–water partition coefficient (Wildman–Crippen LogP) is 5.31. The molecule has 0 radical (unpaired) electrons. The summed E-state index contributed by atoms with van der Waals surface area (Å²) in [4.78, 5) is 0. The number of rotatable bonds is 4.